The third-order valence-electron chi connectivity index (χ3n) is 5.26. The van der Waals surface area contributed by atoms with E-state index in [1.165, 1.54) is 30.4 Å². The van der Waals surface area contributed by atoms with Crippen molar-refractivity contribution >= 4 is 38.9 Å². The highest BCUT2D eigenvalue weighted by Crippen LogP contribution is 2.39. The number of hydrogen-bond acceptors (Lipinski definition) is 6. The van der Waals surface area contributed by atoms with Gasteiger partial charge in [0.25, 0.3) is 6.29 Å². The van der Waals surface area contributed by atoms with Gasteiger partial charge >= 0.3 is 6.18 Å². The van der Waals surface area contributed by atoms with E-state index in [0.717, 1.165) is 22.2 Å². The number of ether oxygens (including phenoxy) is 2. The zero-order valence-corrected chi connectivity index (χ0v) is 20.2. The highest BCUT2D eigenvalue weighted by atomic mass is 79.9. The normalized spacial score (nSPS) is 15.7. The topological polar surface area (TPSA) is 88.8 Å². The summed E-state index contributed by atoms with van der Waals surface area (Å²) in [6.07, 6.45) is -1.68. The lowest BCUT2D eigenvalue weighted by Crippen LogP contribution is -2.14. The molecule has 0 fully saturated rings. The smallest absolute Gasteiger partial charge is 0.416 e. The Morgan fingerprint density at radius 3 is 2.80 bits per heavy atom. The molecule has 0 spiro atoms. The van der Waals surface area contributed by atoms with Crippen molar-refractivity contribution in [3.8, 4) is 0 Å². The van der Waals surface area contributed by atoms with E-state index in [2.05, 4.69) is 30.9 Å². The molecular formula is C23H17BrF3N5O2S. The molecule has 0 radical (unpaired) electrons. The maximum Gasteiger partial charge on any atom is 0.416 e. The van der Waals surface area contributed by atoms with E-state index in [0.29, 0.717) is 39.9 Å². The fourth-order valence-corrected chi connectivity index (χ4v) is 4.74. The lowest BCUT2D eigenvalue weighted by Gasteiger charge is -2.12. The Hall–Kier alpha value is -3.25. The summed E-state index contributed by atoms with van der Waals surface area (Å²) in [5.74, 6) is 0. The third kappa shape index (κ3) is 5.08. The Morgan fingerprint density at radius 2 is 2.00 bits per heavy atom. The fourth-order valence-electron chi connectivity index (χ4n) is 3.55. The Labute approximate surface area is 209 Å². The van der Waals surface area contributed by atoms with E-state index in [-0.39, 0.29) is 5.49 Å². The van der Waals surface area contributed by atoms with Gasteiger partial charge in [-0.15, -0.1) is 0 Å². The molecule has 1 atom stereocenters. The molecule has 2 aromatic carbocycles. The van der Waals surface area contributed by atoms with E-state index in [9.17, 15) is 13.2 Å². The van der Waals surface area contributed by atoms with Crippen LogP contribution in [0.2, 0.25) is 0 Å². The average Bonchev–Trinajstić information content (AvgIpc) is 3.47. The number of aromatic amines is 1. The molecule has 7 nitrogen and oxygen atoms in total. The minimum absolute atomic E-state index is 0.0123. The third-order valence-corrected chi connectivity index (χ3v) is 6.76. The Morgan fingerprint density at radius 1 is 1.17 bits per heavy atom. The molecule has 0 aliphatic carbocycles. The number of rotatable bonds is 6. The molecular weight excluding hydrogens is 547 g/mol. The molecule has 1 aliphatic heterocycles. The number of benzene rings is 2. The largest absolute Gasteiger partial charge is 0.454 e. The van der Waals surface area contributed by atoms with Crippen LogP contribution < -0.4 is 5.49 Å². The number of nitrogens with zero attached hydrogens (tertiary/aromatic N) is 3. The molecule has 4 aromatic rings. The molecule has 2 aromatic heterocycles. The van der Waals surface area contributed by atoms with Crippen molar-refractivity contribution in [1.82, 2.24) is 19.5 Å². The number of thioether (sulfide) groups is 1. The van der Waals surface area contributed by atoms with Gasteiger partial charge in [-0.05, 0) is 35.9 Å². The van der Waals surface area contributed by atoms with Gasteiger partial charge in [-0.2, -0.15) is 13.2 Å². The first kappa shape index (κ1) is 23.5. The van der Waals surface area contributed by atoms with Crippen LogP contribution in [-0.2, 0) is 28.6 Å². The number of imidazole rings is 1. The van der Waals surface area contributed by atoms with Crippen LogP contribution in [0.4, 0.5) is 13.2 Å². The highest BCUT2D eigenvalue weighted by molar-refractivity contribution is 9.10. The predicted octanol–water partition coefficient (Wildman–Crippen LogP) is 5.90. The number of nitrogens with one attached hydrogen (secondary N) is 2. The molecule has 5 rings (SSSR count). The van der Waals surface area contributed by atoms with E-state index in [4.69, 9.17) is 14.9 Å². The van der Waals surface area contributed by atoms with Crippen molar-refractivity contribution in [2.24, 2.45) is 0 Å². The molecule has 1 unspecified atom stereocenters. The van der Waals surface area contributed by atoms with Crippen LogP contribution >= 0.6 is 27.7 Å². The second-order valence-electron chi connectivity index (χ2n) is 7.62. The number of alkyl halides is 3. The molecule has 1 aliphatic rings. The van der Waals surface area contributed by atoms with Crippen LogP contribution in [0.3, 0.4) is 0 Å². The predicted molar refractivity (Wildman–Crippen MR) is 126 cm³/mol. The number of fused-ring (bicyclic) bond motifs is 1. The molecule has 0 amide bonds. The van der Waals surface area contributed by atoms with Gasteiger partial charge in [0.15, 0.2) is 16.3 Å². The molecule has 180 valence electrons. The number of aryl methyl sites for hydroxylation is 2. The summed E-state index contributed by atoms with van der Waals surface area (Å²) >= 11 is 4.68. The molecule has 0 bridgehead atoms. The number of aromatic nitrogens is 4. The van der Waals surface area contributed by atoms with Gasteiger partial charge in [0.05, 0.1) is 11.9 Å². The molecule has 0 saturated heterocycles. The zero-order chi connectivity index (χ0) is 24.6. The minimum atomic E-state index is -4.39. The molecule has 0 saturated carbocycles. The van der Waals surface area contributed by atoms with Crippen LogP contribution in [0.5, 0.6) is 0 Å². The Bertz CT molecular complexity index is 1480. The first-order chi connectivity index (χ1) is 16.8. The molecule has 12 heteroatoms. The summed E-state index contributed by atoms with van der Waals surface area (Å²) in [4.78, 5) is 11.7. The number of hydrogen-bond donors (Lipinski definition) is 2. The van der Waals surface area contributed by atoms with Crippen molar-refractivity contribution in [2.45, 2.75) is 30.6 Å². The summed E-state index contributed by atoms with van der Waals surface area (Å²) in [6, 6.07) is 12.8. The van der Waals surface area contributed by atoms with Gasteiger partial charge in [0.1, 0.15) is 11.8 Å². The van der Waals surface area contributed by atoms with Crippen molar-refractivity contribution in [3.05, 3.63) is 92.9 Å². The fraction of sp³-hybridized carbons (Fsp3) is 0.174. The maximum absolute atomic E-state index is 13.0. The lowest BCUT2D eigenvalue weighted by molar-refractivity contribution is -0.137. The van der Waals surface area contributed by atoms with E-state index >= 15 is 0 Å². The van der Waals surface area contributed by atoms with Gasteiger partial charge in [-0.25, -0.2) is 9.97 Å². The van der Waals surface area contributed by atoms with Crippen LogP contribution in [0.1, 0.15) is 23.0 Å². The highest BCUT2D eigenvalue weighted by Gasteiger charge is 2.30. The quantitative estimate of drug-likeness (QED) is 0.305. The van der Waals surface area contributed by atoms with Gasteiger partial charge in [-0.1, -0.05) is 52.3 Å². The van der Waals surface area contributed by atoms with E-state index in [1.807, 2.05) is 24.3 Å². The average molecular weight is 564 g/mol. The van der Waals surface area contributed by atoms with Crippen molar-refractivity contribution in [1.29, 1.82) is 5.41 Å². The zero-order valence-electron chi connectivity index (χ0n) is 17.8. The minimum Gasteiger partial charge on any atom is -0.454 e. The SMILES string of the molecule is N=c1ncn(CCc2cccc(C(F)(F)F)c2)c2nc(SC3=COC(c4ccccc4Br)O3)[nH]c12. The first-order valence-electron chi connectivity index (χ1n) is 10.4. The van der Waals surface area contributed by atoms with Crippen molar-refractivity contribution in [2.75, 3.05) is 0 Å². The molecule has 2 N–H and O–H groups in total. The van der Waals surface area contributed by atoms with Crippen LogP contribution in [-0.4, -0.2) is 19.5 Å². The van der Waals surface area contributed by atoms with Crippen LogP contribution in [0.25, 0.3) is 11.2 Å². The molecule has 35 heavy (non-hydrogen) atoms. The number of halogens is 4. The standard InChI is InChI=1S/C23H17BrF3N5O2S/c24-16-7-2-1-6-15(16)21-33-11-17(34-21)35-22-30-18-19(28)29-12-32(20(18)31-22)9-8-13-4-3-5-14(10-13)23(25,26)27/h1-7,10-12,21,28H,8-9H2,(H,30,31). The van der Waals surface area contributed by atoms with Gasteiger partial charge in [0.2, 0.25) is 5.09 Å². The Kier molecular flexibility index (Phi) is 6.32. The first-order valence-corrected chi connectivity index (χ1v) is 12.0. The van der Waals surface area contributed by atoms with Gasteiger partial charge in [-0.3, -0.25) is 5.41 Å². The van der Waals surface area contributed by atoms with Crippen LogP contribution in [0.15, 0.2) is 75.8 Å². The summed E-state index contributed by atoms with van der Waals surface area (Å²) in [5.41, 5.74) is 1.60. The van der Waals surface area contributed by atoms with Gasteiger partial charge in [0, 0.05) is 16.6 Å². The number of H-pyrrole nitrogens is 1. The summed E-state index contributed by atoms with van der Waals surface area (Å²) in [5, 5.41) is 9.07. The summed E-state index contributed by atoms with van der Waals surface area (Å²) < 4.78 is 53.1. The lowest BCUT2D eigenvalue weighted by atomic mass is 10.1. The summed E-state index contributed by atoms with van der Waals surface area (Å²) in [7, 11) is 0. The summed E-state index contributed by atoms with van der Waals surface area (Å²) in [6.45, 7) is 0.340. The van der Waals surface area contributed by atoms with Crippen molar-refractivity contribution < 1.29 is 22.6 Å². The monoisotopic (exact) mass is 563 g/mol. The second-order valence-corrected chi connectivity index (χ2v) is 9.47. The molecule has 3 heterocycles. The van der Waals surface area contributed by atoms with Crippen molar-refractivity contribution in [3.63, 3.8) is 0 Å². The second kappa shape index (κ2) is 9.42. The van der Waals surface area contributed by atoms with E-state index < -0.39 is 18.0 Å². The van der Waals surface area contributed by atoms with Crippen LogP contribution in [0, 0.1) is 5.41 Å². The van der Waals surface area contributed by atoms with E-state index in [1.54, 1.807) is 10.6 Å². The maximum atomic E-state index is 13.0. The Balaban J connectivity index is 1.32. The van der Waals surface area contributed by atoms with Gasteiger partial charge < -0.3 is 19.0 Å².